The molecule has 3 rings (SSSR count). The van der Waals surface area contributed by atoms with Crippen molar-refractivity contribution in [3.8, 4) is 5.75 Å². The molecule has 0 unspecified atom stereocenters. The zero-order valence-corrected chi connectivity index (χ0v) is 27.7. The minimum atomic E-state index is -0.910. The third kappa shape index (κ3) is 11.2. The first-order valence-corrected chi connectivity index (χ1v) is 17.6. The van der Waals surface area contributed by atoms with Gasteiger partial charge in [0.25, 0.3) is 0 Å². The van der Waals surface area contributed by atoms with Gasteiger partial charge in [0.2, 0.25) is 0 Å². The molecule has 3 aromatic rings. The first-order chi connectivity index (χ1) is 21.0. The van der Waals surface area contributed by atoms with E-state index in [4.69, 9.17) is 9.47 Å². The molecule has 43 heavy (non-hydrogen) atoms. The Labute approximate surface area is 267 Å². The highest BCUT2D eigenvalue weighted by atomic mass is 32.2. The highest BCUT2D eigenvalue weighted by Crippen LogP contribution is 2.42. The summed E-state index contributed by atoms with van der Waals surface area (Å²) in [6.07, 6.45) is 9.70. The molecule has 0 bridgehead atoms. The van der Waals surface area contributed by atoms with Gasteiger partial charge in [-0.1, -0.05) is 149 Å². The van der Waals surface area contributed by atoms with Crippen LogP contribution in [-0.2, 0) is 19.9 Å². The number of hydrogen-bond donors (Lipinski definition) is 0. The maximum Gasteiger partial charge on any atom is 0.189 e. The molecule has 0 amide bonds. The van der Waals surface area contributed by atoms with E-state index in [2.05, 4.69) is 50.2 Å². The quantitative estimate of drug-likeness (QED) is 0.0926. The summed E-state index contributed by atoms with van der Waals surface area (Å²) in [5.74, 6) is 1.31. The van der Waals surface area contributed by atoms with E-state index in [9.17, 15) is 9.59 Å². The number of carbonyl (C=O) groups excluding carboxylic acids is 2. The molecule has 0 fully saturated rings. The molecule has 0 heterocycles. The molecule has 0 N–H and O–H groups in total. The molecule has 1 atom stereocenters. The van der Waals surface area contributed by atoms with Crippen LogP contribution in [0.25, 0.3) is 0 Å². The lowest BCUT2D eigenvalue weighted by molar-refractivity contribution is -0.112. The molecule has 3 aromatic carbocycles. The van der Waals surface area contributed by atoms with Crippen molar-refractivity contribution in [2.24, 2.45) is 0 Å². The summed E-state index contributed by atoms with van der Waals surface area (Å²) in [6.45, 7) is 4.67. The Morgan fingerprint density at radius 1 is 0.674 bits per heavy atom. The second-order valence-corrected chi connectivity index (χ2v) is 13.3. The fraction of sp³-hybridized carbons (Fsp3) is 0.459. The van der Waals surface area contributed by atoms with E-state index in [1.165, 1.54) is 23.5 Å². The third-order valence-corrected chi connectivity index (χ3v) is 9.95. The summed E-state index contributed by atoms with van der Waals surface area (Å²) >= 11 is 2.70. The Kier molecular flexibility index (Phi) is 16.0. The zero-order chi connectivity index (χ0) is 30.8. The molecule has 0 aliphatic rings. The van der Waals surface area contributed by atoms with Crippen LogP contribution in [0.3, 0.4) is 0 Å². The van der Waals surface area contributed by atoms with Gasteiger partial charge in [-0.2, -0.15) is 0 Å². The third-order valence-electron chi connectivity index (χ3n) is 7.54. The maximum absolute atomic E-state index is 13.1. The summed E-state index contributed by atoms with van der Waals surface area (Å²) in [5.41, 5.74) is 2.06. The highest BCUT2D eigenvalue weighted by Gasteiger charge is 2.38. The lowest BCUT2D eigenvalue weighted by atomic mass is 9.80. The first-order valence-electron chi connectivity index (χ1n) is 15.8. The van der Waals surface area contributed by atoms with Crippen LogP contribution < -0.4 is 4.74 Å². The summed E-state index contributed by atoms with van der Waals surface area (Å²) in [5, 5.41) is 0.216. The number of ether oxygens (including phenoxy) is 2. The number of methoxy groups -OCH3 is 1. The van der Waals surface area contributed by atoms with Crippen molar-refractivity contribution in [1.82, 2.24) is 0 Å². The second-order valence-electron chi connectivity index (χ2n) is 10.9. The molecule has 4 nitrogen and oxygen atoms in total. The van der Waals surface area contributed by atoms with E-state index in [1.807, 2.05) is 48.5 Å². The van der Waals surface area contributed by atoms with Crippen LogP contribution in [0, 0.1) is 0 Å². The molecule has 0 radical (unpaired) electrons. The van der Waals surface area contributed by atoms with Gasteiger partial charge in [-0.3, -0.25) is 9.59 Å². The molecular weight excluding hydrogens is 573 g/mol. The van der Waals surface area contributed by atoms with Crippen molar-refractivity contribution in [3.05, 3.63) is 102 Å². The SMILES string of the molecule is CCCCCCC(=O)SC[C@H](COC(c1ccccc1)(c1ccccc1)c1ccc(OC)cc1)SC(=O)CCCCCC. The Morgan fingerprint density at radius 2 is 1.19 bits per heavy atom. The normalized spacial score (nSPS) is 12.2. The van der Waals surface area contributed by atoms with E-state index in [0.29, 0.717) is 25.2 Å². The van der Waals surface area contributed by atoms with Crippen molar-refractivity contribution in [3.63, 3.8) is 0 Å². The molecule has 0 aromatic heterocycles. The lowest BCUT2D eigenvalue weighted by Crippen LogP contribution is -2.36. The number of carbonyl (C=O) groups is 2. The molecule has 0 saturated carbocycles. The molecule has 0 aliphatic heterocycles. The van der Waals surface area contributed by atoms with E-state index in [1.54, 1.807) is 7.11 Å². The Hall–Kier alpha value is -2.54. The maximum atomic E-state index is 13.1. The topological polar surface area (TPSA) is 52.6 Å². The van der Waals surface area contributed by atoms with Crippen molar-refractivity contribution in [1.29, 1.82) is 0 Å². The first kappa shape index (κ1) is 34.9. The van der Waals surface area contributed by atoms with Gasteiger partial charge in [-0.25, -0.2) is 0 Å². The number of unbranched alkanes of at least 4 members (excludes halogenated alkanes) is 6. The molecule has 0 aliphatic carbocycles. The summed E-state index contributed by atoms with van der Waals surface area (Å²) in [6, 6.07) is 28.5. The molecule has 0 spiro atoms. The van der Waals surface area contributed by atoms with Gasteiger partial charge in [-0.15, -0.1) is 0 Å². The van der Waals surface area contributed by atoms with Crippen LogP contribution in [-0.4, -0.2) is 35.0 Å². The van der Waals surface area contributed by atoms with Crippen LogP contribution in [0.15, 0.2) is 84.9 Å². The Morgan fingerprint density at radius 3 is 1.70 bits per heavy atom. The van der Waals surface area contributed by atoms with Gasteiger partial charge < -0.3 is 9.47 Å². The van der Waals surface area contributed by atoms with Crippen molar-refractivity contribution in [2.75, 3.05) is 19.5 Å². The van der Waals surface area contributed by atoms with E-state index in [0.717, 1.165) is 73.8 Å². The number of benzene rings is 3. The summed E-state index contributed by atoms with van der Waals surface area (Å²) in [7, 11) is 1.66. The van der Waals surface area contributed by atoms with Crippen molar-refractivity contribution >= 4 is 33.8 Å². The zero-order valence-electron chi connectivity index (χ0n) is 26.1. The van der Waals surface area contributed by atoms with E-state index in [-0.39, 0.29) is 15.5 Å². The Balaban J connectivity index is 1.90. The average molecular weight is 621 g/mol. The van der Waals surface area contributed by atoms with Gasteiger partial charge in [0.1, 0.15) is 11.4 Å². The predicted octanol–water partition coefficient (Wildman–Crippen LogP) is 9.83. The number of rotatable bonds is 20. The van der Waals surface area contributed by atoms with Crippen LogP contribution in [0.4, 0.5) is 0 Å². The van der Waals surface area contributed by atoms with Gasteiger partial charge in [0.15, 0.2) is 10.2 Å². The minimum absolute atomic E-state index is 0.159. The van der Waals surface area contributed by atoms with Gasteiger partial charge in [0, 0.05) is 23.8 Å². The standard InChI is InChI=1S/C37H48O4S2/c1-4-6-8-16-22-35(38)42-29-34(43-36(39)23-17-9-7-5-2)28-41-37(30-18-12-10-13-19-30,31-20-14-11-15-21-31)32-24-26-33(40-3)27-25-32/h10-15,18-21,24-27,34H,4-9,16-17,22-23,28-29H2,1-3H3/t34-/m0/s1. The van der Waals surface area contributed by atoms with Gasteiger partial charge in [0.05, 0.1) is 13.7 Å². The number of hydrogen-bond acceptors (Lipinski definition) is 6. The van der Waals surface area contributed by atoms with Gasteiger partial charge in [-0.05, 0) is 41.7 Å². The molecular formula is C37H48O4S2. The fourth-order valence-electron chi connectivity index (χ4n) is 5.15. The van der Waals surface area contributed by atoms with Crippen LogP contribution >= 0.6 is 23.5 Å². The number of thioether (sulfide) groups is 2. The average Bonchev–Trinajstić information content (AvgIpc) is 3.05. The monoisotopic (exact) mass is 620 g/mol. The smallest absolute Gasteiger partial charge is 0.189 e. The van der Waals surface area contributed by atoms with Crippen LogP contribution in [0.5, 0.6) is 5.75 Å². The van der Waals surface area contributed by atoms with Crippen molar-refractivity contribution in [2.45, 2.75) is 88.9 Å². The van der Waals surface area contributed by atoms with Gasteiger partial charge >= 0.3 is 0 Å². The van der Waals surface area contributed by atoms with E-state index < -0.39 is 5.60 Å². The minimum Gasteiger partial charge on any atom is -0.497 e. The molecule has 232 valence electrons. The lowest BCUT2D eigenvalue weighted by Gasteiger charge is -2.37. The largest absolute Gasteiger partial charge is 0.497 e. The fourth-order valence-corrected chi connectivity index (χ4v) is 7.15. The molecule has 0 saturated heterocycles. The van der Waals surface area contributed by atoms with E-state index >= 15 is 0 Å². The second kappa shape index (κ2) is 19.7. The molecule has 6 heteroatoms. The summed E-state index contributed by atoms with van der Waals surface area (Å²) < 4.78 is 12.5. The predicted molar refractivity (Wildman–Crippen MR) is 183 cm³/mol. The van der Waals surface area contributed by atoms with Crippen LogP contribution in [0.2, 0.25) is 0 Å². The van der Waals surface area contributed by atoms with Crippen LogP contribution in [0.1, 0.15) is 94.7 Å². The van der Waals surface area contributed by atoms with Crippen molar-refractivity contribution < 1.29 is 19.1 Å². The Bertz CT molecular complexity index is 1160. The highest BCUT2D eigenvalue weighted by molar-refractivity contribution is 8.17. The summed E-state index contributed by atoms with van der Waals surface area (Å²) in [4.78, 5) is 25.9.